The van der Waals surface area contributed by atoms with Gasteiger partial charge < -0.3 is 9.53 Å². The lowest BCUT2D eigenvalue weighted by molar-refractivity contribution is 0.454. The van der Waals surface area contributed by atoms with E-state index in [1.165, 1.54) is 12.1 Å². The van der Waals surface area contributed by atoms with Gasteiger partial charge in [0.1, 0.15) is 17.3 Å². The molecular weight excluding hydrogens is 357 g/mol. The van der Waals surface area contributed by atoms with Crippen LogP contribution in [0.15, 0.2) is 42.5 Å². The summed E-state index contributed by atoms with van der Waals surface area (Å²) in [6, 6.07) is 11.1. The molecule has 2 rings (SSSR count). The highest BCUT2D eigenvalue weighted by molar-refractivity contribution is 6.78. The number of hydrogen-bond donors (Lipinski definition) is 2. The van der Waals surface area contributed by atoms with Crippen molar-refractivity contribution in [2.75, 3.05) is 0 Å². The lowest BCUT2D eigenvalue weighted by atomic mass is 10.0. The van der Waals surface area contributed by atoms with E-state index in [9.17, 15) is 9.50 Å². The van der Waals surface area contributed by atoms with Gasteiger partial charge in [-0.3, -0.25) is 5.41 Å². The quantitative estimate of drug-likeness (QED) is 0.421. The Morgan fingerprint density at radius 2 is 1.48 bits per heavy atom. The molecular formula is C22H30FNO2Si. The molecule has 0 bridgehead atoms. The Morgan fingerprint density at radius 1 is 0.926 bits per heavy atom. The SMILES string of the molecule is CC(C)[Si](Oc1cccc(O)c1C(=N)c1ccccc1F)(C(C)C)C(C)C. The van der Waals surface area contributed by atoms with Crippen LogP contribution in [0.2, 0.25) is 16.6 Å². The molecule has 3 nitrogen and oxygen atoms in total. The fourth-order valence-electron chi connectivity index (χ4n) is 4.20. The molecule has 0 spiro atoms. The van der Waals surface area contributed by atoms with Crippen LogP contribution in [-0.2, 0) is 0 Å². The van der Waals surface area contributed by atoms with Crippen molar-refractivity contribution in [2.45, 2.75) is 58.2 Å². The highest BCUT2D eigenvalue weighted by Crippen LogP contribution is 2.44. The summed E-state index contributed by atoms with van der Waals surface area (Å²) in [7, 11) is -2.28. The van der Waals surface area contributed by atoms with Crippen LogP contribution in [0.25, 0.3) is 0 Å². The molecule has 146 valence electrons. The number of halogens is 1. The second-order valence-electron chi connectivity index (χ2n) is 7.92. The predicted octanol–water partition coefficient (Wildman–Crippen LogP) is 6.50. The molecule has 5 heteroatoms. The molecule has 0 unspecified atom stereocenters. The van der Waals surface area contributed by atoms with Gasteiger partial charge >= 0.3 is 0 Å². The smallest absolute Gasteiger partial charge is 0.258 e. The Hall–Kier alpha value is -2.14. The highest BCUT2D eigenvalue weighted by Gasteiger charge is 2.47. The summed E-state index contributed by atoms with van der Waals surface area (Å²) in [4.78, 5) is 0. The molecule has 0 radical (unpaired) electrons. The van der Waals surface area contributed by atoms with Gasteiger partial charge in [-0.2, -0.15) is 0 Å². The van der Waals surface area contributed by atoms with E-state index >= 15 is 0 Å². The molecule has 0 amide bonds. The van der Waals surface area contributed by atoms with E-state index in [1.54, 1.807) is 30.3 Å². The number of aromatic hydroxyl groups is 1. The first kappa shape index (κ1) is 21.2. The van der Waals surface area contributed by atoms with Crippen LogP contribution >= 0.6 is 0 Å². The van der Waals surface area contributed by atoms with Crippen molar-refractivity contribution in [2.24, 2.45) is 0 Å². The topological polar surface area (TPSA) is 53.3 Å². The summed E-state index contributed by atoms with van der Waals surface area (Å²) >= 11 is 0. The van der Waals surface area contributed by atoms with E-state index in [4.69, 9.17) is 9.84 Å². The predicted molar refractivity (Wildman–Crippen MR) is 112 cm³/mol. The zero-order valence-electron chi connectivity index (χ0n) is 17.0. The second kappa shape index (κ2) is 8.25. The lowest BCUT2D eigenvalue weighted by Crippen LogP contribution is -2.51. The van der Waals surface area contributed by atoms with Gasteiger partial charge in [0.15, 0.2) is 0 Å². The van der Waals surface area contributed by atoms with E-state index in [0.29, 0.717) is 22.4 Å². The number of benzene rings is 2. The van der Waals surface area contributed by atoms with Crippen LogP contribution in [0.1, 0.15) is 52.7 Å². The van der Waals surface area contributed by atoms with E-state index in [1.807, 2.05) is 0 Å². The number of phenols is 1. The summed E-state index contributed by atoms with van der Waals surface area (Å²) in [5, 5.41) is 19.1. The molecule has 2 N–H and O–H groups in total. The minimum Gasteiger partial charge on any atom is -0.542 e. The molecule has 0 aliphatic rings. The van der Waals surface area contributed by atoms with Crippen molar-refractivity contribution in [3.8, 4) is 11.5 Å². The van der Waals surface area contributed by atoms with Gasteiger partial charge in [-0.1, -0.05) is 59.7 Å². The number of nitrogens with one attached hydrogen (secondary N) is 1. The minimum atomic E-state index is -2.28. The largest absolute Gasteiger partial charge is 0.542 e. The molecule has 0 heterocycles. The van der Waals surface area contributed by atoms with Crippen LogP contribution in [0.3, 0.4) is 0 Å². The third kappa shape index (κ3) is 3.93. The van der Waals surface area contributed by atoms with Crippen LogP contribution in [-0.4, -0.2) is 19.1 Å². The summed E-state index contributed by atoms with van der Waals surface area (Å²) in [6.07, 6.45) is 0. The molecule has 0 aliphatic carbocycles. The van der Waals surface area contributed by atoms with Crippen molar-refractivity contribution in [3.05, 3.63) is 59.4 Å². The molecule has 0 aliphatic heterocycles. The third-order valence-corrected chi connectivity index (χ3v) is 11.4. The molecule has 0 atom stereocenters. The summed E-state index contributed by atoms with van der Waals surface area (Å²) in [5.41, 5.74) is 1.36. The number of hydrogen-bond acceptors (Lipinski definition) is 3. The standard InChI is InChI=1S/C22H30FNO2Si/c1-14(2)27(15(3)4,16(5)6)26-20-13-9-12-19(25)21(20)22(24)17-10-7-8-11-18(17)23/h7-16,24-25H,1-6H3. The van der Waals surface area contributed by atoms with Crippen LogP contribution in [0, 0.1) is 11.2 Å². The van der Waals surface area contributed by atoms with Crippen molar-refractivity contribution in [3.63, 3.8) is 0 Å². The summed E-state index contributed by atoms with van der Waals surface area (Å²) in [5.74, 6) is -0.0947. The van der Waals surface area contributed by atoms with Crippen LogP contribution in [0.5, 0.6) is 11.5 Å². The number of rotatable bonds is 7. The van der Waals surface area contributed by atoms with E-state index in [-0.39, 0.29) is 22.6 Å². The second-order valence-corrected chi connectivity index (χ2v) is 13.3. The van der Waals surface area contributed by atoms with Gasteiger partial charge in [-0.15, -0.1) is 0 Å². The maximum atomic E-state index is 14.3. The first-order valence-electron chi connectivity index (χ1n) is 9.47. The summed E-state index contributed by atoms with van der Waals surface area (Å²) < 4.78 is 21.0. The molecule has 0 aromatic heterocycles. The van der Waals surface area contributed by atoms with Gasteiger partial charge in [0.05, 0.1) is 11.3 Å². The lowest BCUT2D eigenvalue weighted by Gasteiger charge is -2.42. The molecule has 0 fully saturated rings. The van der Waals surface area contributed by atoms with E-state index < -0.39 is 14.1 Å². The zero-order valence-corrected chi connectivity index (χ0v) is 18.0. The van der Waals surface area contributed by atoms with Gasteiger partial charge in [0.2, 0.25) is 0 Å². The van der Waals surface area contributed by atoms with Crippen molar-refractivity contribution in [1.82, 2.24) is 0 Å². The monoisotopic (exact) mass is 387 g/mol. The Kier molecular flexibility index (Phi) is 6.47. The fourth-order valence-corrected chi connectivity index (χ4v) is 9.46. The normalized spacial score (nSPS) is 12.1. The summed E-state index contributed by atoms with van der Waals surface area (Å²) in [6.45, 7) is 13.1. The molecule has 2 aromatic rings. The van der Waals surface area contributed by atoms with Gasteiger partial charge in [-0.25, -0.2) is 4.39 Å². The van der Waals surface area contributed by atoms with Gasteiger partial charge in [0.25, 0.3) is 8.32 Å². The van der Waals surface area contributed by atoms with Crippen molar-refractivity contribution >= 4 is 14.0 Å². The van der Waals surface area contributed by atoms with Crippen LogP contribution < -0.4 is 4.43 Å². The zero-order chi connectivity index (χ0) is 20.4. The molecule has 0 saturated heterocycles. The van der Waals surface area contributed by atoms with E-state index in [2.05, 4.69) is 41.5 Å². The minimum absolute atomic E-state index is 0.0691. The molecule has 2 aromatic carbocycles. The fraction of sp³-hybridized carbons (Fsp3) is 0.409. The van der Waals surface area contributed by atoms with Crippen molar-refractivity contribution < 1.29 is 13.9 Å². The number of phenolic OH excluding ortho intramolecular Hbond substituents is 1. The average Bonchev–Trinajstić information content (AvgIpc) is 2.58. The maximum absolute atomic E-state index is 14.3. The molecule has 0 saturated carbocycles. The Morgan fingerprint density at radius 3 is 2.00 bits per heavy atom. The average molecular weight is 388 g/mol. The highest BCUT2D eigenvalue weighted by atomic mass is 28.4. The van der Waals surface area contributed by atoms with Gasteiger partial charge in [0, 0.05) is 5.56 Å². The Labute approximate surface area is 162 Å². The van der Waals surface area contributed by atoms with Gasteiger partial charge in [-0.05, 0) is 40.9 Å². The Balaban J connectivity index is 2.61. The third-order valence-electron chi connectivity index (χ3n) is 5.39. The molecule has 27 heavy (non-hydrogen) atoms. The maximum Gasteiger partial charge on any atom is 0.258 e. The first-order chi connectivity index (χ1) is 12.6. The Bertz CT molecular complexity index is 796. The van der Waals surface area contributed by atoms with Crippen molar-refractivity contribution in [1.29, 1.82) is 5.41 Å². The van der Waals surface area contributed by atoms with E-state index in [0.717, 1.165) is 0 Å². The van der Waals surface area contributed by atoms with Crippen LogP contribution in [0.4, 0.5) is 4.39 Å². The first-order valence-corrected chi connectivity index (χ1v) is 11.6.